The van der Waals surface area contributed by atoms with Crippen LogP contribution in [0.25, 0.3) is 0 Å². The van der Waals surface area contributed by atoms with Crippen LogP contribution in [0.5, 0.6) is 17.2 Å². The quantitative estimate of drug-likeness (QED) is 0.804. The molecule has 7 nitrogen and oxygen atoms in total. The standard InChI is InChI=1S/C11H14N4O3S/c1-16-8-4-7(5-9(17-2)10(8)18-3)6-19-11-12-14-15-13-11/h4-5H,6H2,1-3H3,(H,12,13,14,15). The Balaban J connectivity index is 2.20. The molecule has 1 heterocycles. The van der Waals surface area contributed by atoms with E-state index < -0.39 is 0 Å². The fourth-order valence-electron chi connectivity index (χ4n) is 1.58. The molecule has 1 aromatic carbocycles. The molecule has 0 aliphatic heterocycles. The van der Waals surface area contributed by atoms with E-state index in [0.717, 1.165) is 5.56 Å². The molecular formula is C11H14N4O3S. The normalized spacial score (nSPS) is 10.3. The van der Waals surface area contributed by atoms with Crippen molar-refractivity contribution in [1.29, 1.82) is 0 Å². The number of aromatic nitrogens is 4. The van der Waals surface area contributed by atoms with Crippen LogP contribution in [0.3, 0.4) is 0 Å². The molecule has 0 fully saturated rings. The van der Waals surface area contributed by atoms with Gasteiger partial charge in [0.1, 0.15) is 0 Å². The number of H-pyrrole nitrogens is 1. The minimum atomic E-state index is 0.583. The molecule has 0 aliphatic rings. The average molecular weight is 282 g/mol. The minimum absolute atomic E-state index is 0.583. The van der Waals surface area contributed by atoms with Gasteiger partial charge in [-0.25, -0.2) is 5.10 Å². The van der Waals surface area contributed by atoms with Crippen LogP contribution in [0, 0.1) is 0 Å². The third-order valence-electron chi connectivity index (χ3n) is 2.43. The molecule has 1 aromatic heterocycles. The number of rotatable bonds is 6. The van der Waals surface area contributed by atoms with Crippen LogP contribution >= 0.6 is 11.8 Å². The van der Waals surface area contributed by atoms with Gasteiger partial charge >= 0.3 is 0 Å². The molecule has 2 rings (SSSR count). The van der Waals surface area contributed by atoms with Gasteiger partial charge < -0.3 is 14.2 Å². The van der Waals surface area contributed by atoms with E-state index in [1.165, 1.54) is 11.8 Å². The van der Waals surface area contributed by atoms with E-state index in [1.54, 1.807) is 21.3 Å². The SMILES string of the molecule is COc1cc(CSc2nnn[nH]2)cc(OC)c1OC. The van der Waals surface area contributed by atoms with Crippen molar-refractivity contribution >= 4 is 11.8 Å². The summed E-state index contributed by atoms with van der Waals surface area (Å²) in [5.74, 6) is 2.54. The Morgan fingerprint density at radius 2 is 1.79 bits per heavy atom. The van der Waals surface area contributed by atoms with Crippen LogP contribution in [0.2, 0.25) is 0 Å². The first kappa shape index (κ1) is 13.5. The van der Waals surface area contributed by atoms with Gasteiger partial charge in [0.15, 0.2) is 11.5 Å². The molecule has 0 atom stereocenters. The molecular weight excluding hydrogens is 268 g/mol. The number of benzene rings is 1. The minimum Gasteiger partial charge on any atom is -0.493 e. The molecule has 8 heteroatoms. The zero-order valence-electron chi connectivity index (χ0n) is 10.8. The summed E-state index contributed by atoms with van der Waals surface area (Å²) in [6.07, 6.45) is 0. The highest BCUT2D eigenvalue weighted by molar-refractivity contribution is 7.98. The maximum Gasteiger partial charge on any atom is 0.207 e. The molecule has 0 saturated carbocycles. The maximum absolute atomic E-state index is 5.29. The van der Waals surface area contributed by atoms with Crippen molar-refractivity contribution in [2.75, 3.05) is 21.3 Å². The summed E-state index contributed by atoms with van der Waals surface area (Å²) < 4.78 is 15.9. The highest BCUT2D eigenvalue weighted by Crippen LogP contribution is 2.39. The van der Waals surface area contributed by atoms with Crippen molar-refractivity contribution in [3.05, 3.63) is 17.7 Å². The number of thioether (sulfide) groups is 1. The highest BCUT2D eigenvalue weighted by atomic mass is 32.2. The van der Waals surface area contributed by atoms with E-state index in [4.69, 9.17) is 14.2 Å². The molecule has 0 unspecified atom stereocenters. The second kappa shape index (κ2) is 6.28. The topological polar surface area (TPSA) is 82.2 Å². The highest BCUT2D eigenvalue weighted by Gasteiger charge is 2.13. The Bertz CT molecular complexity index is 508. The average Bonchev–Trinajstić information content (AvgIpc) is 2.97. The van der Waals surface area contributed by atoms with E-state index in [2.05, 4.69) is 20.6 Å². The lowest BCUT2D eigenvalue weighted by molar-refractivity contribution is 0.324. The zero-order valence-corrected chi connectivity index (χ0v) is 11.7. The molecule has 0 aliphatic carbocycles. The van der Waals surface area contributed by atoms with Gasteiger partial charge in [-0.15, -0.1) is 5.10 Å². The smallest absolute Gasteiger partial charge is 0.207 e. The Morgan fingerprint density at radius 3 is 2.26 bits per heavy atom. The third-order valence-corrected chi connectivity index (χ3v) is 3.35. The van der Waals surface area contributed by atoms with Crippen molar-refractivity contribution < 1.29 is 14.2 Å². The fraction of sp³-hybridized carbons (Fsp3) is 0.364. The van der Waals surface area contributed by atoms with Crippen LogP contribution in [0.4, 0.5) is 0 Å². The van der Waals surface area contributed by atoms with E-state index in [1.807, 2.05) is 12.1 Å². The van der Waals surface area contributed by atoms with Crippen LogP contribution < -0.4 is 14.2 Å². The summed E-state index contributed by atoms with van der Waals surface area (Å²) in [6.45, 7) is 0. The van der Waals surface area contributed by atoms with Gasteiger partial charge in [-0.3, -0.25) is 0 Å². The predicted molar refractivity (Wildman–Crippen MR) is 69.8 cm³/mol. The lowest BCUT2D eigenvalue weighted by Crippen LogP contribution is -1.96. The van der Waals surface area contributed by atoms with E-state index in [-0.39, 0.29) is 0 Å². The Kier molecular flexibility index (Phi) is 4.45. The van der Waals surface area contributed by atoms with Gasteiger partial charge in [-0.05, 0) is 28.1 Å². The molecule has 0 bridgehead atoms. The molecule has 0 amide bonds. The van der Waals surface area contributed by atoms with Crippen LogP contribution in [-0.4, -0.2) is 42.0 Å². The third kappa shape index (κ3) is 3.08. The van der Waals surface area contributed by atoms with Gasteiger partial charge in [-0.1, -0.05) is 11.8 Å². The van der Waals surface area contributed by atoms with Crippen LogP contribution in [-0.2, 0) is 5.75 Å². The van der Waals surface area contributed by atoms with E-state index in [9.17, 15) is 0 Å². The summed E-state index contributed by atoms with van der Waals surface area (Å²) in [6, 6.07) is 3.80. The number of nitrogens with zero attached hydrogens (tertiary/aromatic N) is 3. The summed E-state index contributed by atoms with van der Waals surface area (Å²) in [5.41, 5.74) is 1.02. The number of ether oxygens (including phenoxy) is 3. The number of hydrogen-bond acceptors (Lipinski definition) is 7. The Hall–Kier alpha value is -1.96. The predicted octanol–water partition coefficient (Wildman–Crippen LogP) is 1.52. The number of methoxy groups -OCH3 is 3. The Labute approximate surface area is 114 Å². The summed E-state index contributed by atoms with van der Waals surface area (Å²) in [5, 5.41) is 14.2. The van der Waals surface area contributed by atoms with Crippen molar-refractivity contribution in [3.63, 3.8) is 0 Å². The molecule has 19 heavy (non-hydrogen) atoms. The molecule has 0 spiro atoms. The second-order valence-electron chi connectivity index (χ2n) is 3.53. The maximum atomic E-state index is 5.29. The van der Waals surface area contributed by atoms with Crippen molar-refractivity contribution in [1.82, 2.24) is 20.6 Å². The molecule has 0 radical (unpaired) electrons. The largest absolute Gasteiger partial charge is 0.493 e. The summed E-state index contributed by atoms with van der Waals surface area (Å²) in [7, 11) is 4.76. The fourth-order valence-corrected chi connectivity index (χ4v) is 2.25. The number of hydrogen-bond donors (Lipinski definition) is 1. The van der Waals surface area contributed by atoms with Gasteiger partial charge in [-0.2, -0.15) is 0 Å². The molecule has 102 valence electrons. The number of aromatic amines is 1. The zero-order chi connectivity index (χ0) is 13.7. The first-order valence-corrected chi connectivity index (χ1v) is 6.42. The number of nitrogens with one attached hydrogen (secondary N) is 1. The molecule has 1 N–H and O–H groups in total. The van der Waals surface area contributed by atoms with Gasteiger partial charge in [0, 0.05) is 5.75 Å². The van der Waals surface area contributed by atoms with Crippen LogP contribution in [0.15, 0.2) is 17.3 Å². The molecule has 0 saturated heterocycles. The van der Waals surface area contributed by atoms with Gasteiger partial charge in [0.2, 0.25) is 10.9 Å². The lowest BCUT2D eigenvalue weighted by Gasteiger charge is -2.13. The number of tetrazole rings is 1. The van der Waals surface area contributed by atoms with Crippen molar-refractivity contribution in [3.8, 4) is 17.2 Å². The van der Waals surface area contributed by atoms with Crippen molar-refractivity contribution in [2.45, 2.75) is 10.9 Å². The first-order valence-electron chi connectivity index (χ1n) is 5.44. The van der Waals surface area contributed by atoms with E-state index in [0.29, 0.717) is 28.2 Å². The van der Waals surface area contributed by atoms with Gasteiger partial charge in [0.25, 0.3) is 0 Å². The lowest BCUT2D eigenvalue weighted by atomic mass is 10.2. The van der Waals surface area contributed by atoms with Crippen molar-refractivity contribution in [2.24, 2.45) is 0 Å². The second-order valence-corrected chi connectivity index (χ2v) is 4.49. The van der Waals surface area contributed by atoms with Gasteiger partial charge in [0.05, 0.1) is 21.3 Å². The monoisotopic (exact) mass is 282 g/mol. The van der Waals surface area contributed by atoms with Crippen LogP contribution in [0.1, 0.15) is 5.56 Å². The molecule has 2 aromatic rings. The van der Waals surface area contributed by atoms with E-state index >= 15 is 0 Å². The summed E-state index contributed by atoms with van der Waals surface area (Å²) in [4.78, 5) is 0. The summed E-state index contributed by atoms with van der Waals surface area (Å²) >= 11 is 1.49. The Morgan fingerprint density at radius 1 is 1.11 bits per heavy atom. The first-order chi connectivity index (χ1) is 9.28.